The molecule has 0 aliphatic carbocycles. The van der Waals surface area contributed by atoms with E-state index in [9.17, 15) is 18.3 Å². The van der Waals surface area contributed by atoms with Gasteiger partial charge in [-0.2, -0.15) is 0 Å². The van der Waals surface area contributed by atoms with Crippen molar-refractivity contribution in [1.82, 2.24) is 9.80 Å². The molecule has 25 heavy (non-hydrogen) atoms. The number of rotatable bonds is 3. The van der Waals surface area contributed by atoms with Crippen LogP contribution in [0.25, 0.3) is 0 Å². The van der Waals surface area contributed by atoms with Gasteiger partial charge in [-0.25, -0.2) is 13.2 Å². The number of nitrogens with one attached hydrogen (secondary N) is 1. The fourth-order valence-corrected chi connectivity index (χ4v) is 3.82. The molecule has 0 saturated carbocycles. The van der Waals surface area contributed by atoms with Crippen molar-refractivity contribution < 1.29 is 23.1 Å². The zero-order valence-electron chi connectivity index (χ0n) is 14.1. The van der Waals surface area contributed by atoms with Crippen molar-refractivity contribution in [3.63, 3.8) is 0 Å². The van der Waals surface area contributed by atoms with E-state index >= 15 is 0 Å². The van der Waals surface area contributed by atoms with E-state index in [1.807, 2.05) is 0 Å². The average Bonchev–Trinajstić information content (AvgIpc) is 2.97. The summed E-state index contributed by atoms with van der Waals surface area (Å²) in [6, 6.07) is 5.64. The Labute approximate surface area is 147 Å². The molecular weight excluding hydrogens is 346 g/mol. The zero-order valence-corrected chi connectivity index (χ0v) is 14.9. The van der Waals surface area contributed by atoms with Gasteiger partial charge in [-0.3, -0.25) is 4.90 Å². The van der Waals surface area contributed by atoms with Crippen LogP contribution in [0.2, 0.25) is 0 Å². The minimum Gasteiger partial charge on any atom is -0.390 e. The highest BCUT2D eigenvalue weighted by molar-refractivity contribution is 7.90. The number of benzene rings is 1. The van der Waals surface area contributed by atoms with Gasteiger partial charge in [0.1, 0.15) is 0 Å². The Hall–Kier alpha value is -1.68. The quantitative estimate of drug-likeness (QED) is 0.778. The molecule has 0 aromatic heterocycles. The van der Waals surface area contributed by atoms with Crippen LogP contribution in [0.4, 0.5) is 10.5 Å². The maximum absolute atomic E-state index is 12.4. The lowest BCUT2D eigenvalue weighted by molar-refractivity contribution is -0.00607. The van der Waals surface area contributed by atoms with E-state index in [0.717, 1.165) is 19.3 Å². The molecule has 0 spiro atoms. The van der Waals surface area contributed by atoms with Crippen LogP contribution in [0.5, 0.6) is 0 Å². The predicted octanol–water partition coefficient (Wildman–Crippen LogP) is -0.000700. The summed E-state index contributed by atoms with van der Waals surface area (Å²) < 4.78 is 28.2. The summed E-state index contributed by atoms with van der Waals surface area (Å²) >= 11 is 0. The van der Waals surface area contributed by atoms with Crippen molar-refractivity contribution in [3.05, 3.63) is 24.3 Å². The largest absolute Gasteiger partial charge is 0.390 e. The van der Waals surface area contributed by atoms with Crippen LogP contribution in [-0.2, 0) is 14.6 Å². The van der Waals surface area contributed by atoms with Gasteiger partial charge in [-0.05, 0) is 24.3 Å². The average molecular weight is 369 g/mol. The number of β-amino-alcohol motifs (C(OH)–C–C–N with tert-alkyl or cyclic N) is 1. The number of carbonyl (C=O) groups excluding carboxylic acids is 1. The summed E-state index contributed by atoms with van der Waals surface area (Å²) in [6.07, 6.45) is 0.550. The molecule has 2 atom stereocenters. The molecule has 9 heteroatoms. The minimum absolute atomic E-state index is 0.0812. The maximum Gasteiger partial charge on any atom is 0.321 e. The van der Waals surface area contributed by atoms with Crippen molar-refractivity contribution in [3.8, 4) is 0 Å². The first kappa shape index (κ1) is 18.1. The second-order valence-corrected chi connectivity index (χ2v) is 8.43. The smallest absolute Gasteiger partial charge is 0.321 e. The number of morpholine rings is 1. The standard InChI is InChI=1S/C16H23N3O5S/c1-25(22,23)13-4-2-12(3-5-13)17-16(21)19-10-14(15(20)11-19)18-6-8-24-9-7-18/h2-5,14-15,20H,6-11H2,1H3,(H,17,21)/t14-,15-/m0/s1. The first-order valence-corrected chi connectivity index (χ1v) is 10.1. The molecule has 2 N–H and O–H groups in total. The zero-order chi connectivity index (χ0) is 18.0. The van der Waals surface area contributed by atoms with E-state index in [1.165, 1.54) is 12.1 Å². The third-order valence-electron chi connectivity index (χ3n) is 4.59. The number of aliphatic hydroxyl groups is 1. The van der Waals surface area contributed by atoms with Gasteiger partial charge in [0.15, 0.2) is 9.84 Å². The fourth-order valence-electron chi connectivity index (χ4n) is 3.19. The third-order valence-corrected chi connectivity index (χ3v) is 5.72. The molecule has 0 radical (unpaired) electrons. The number of amides is 2. The SMILES string of the molecule is CS(=O)(=O)c1ccc(NC(=O)N2C[C@H](O)[C@@H](N3CCOCC3)C2)cc1. The van der Waals surface area contributed by atoms with Gasteiger partial charge in [-0.1, -0.05) is 0 Å². The molecule has 2 saturated heterocycles. The highest BCUT2D eigenvalue weighted by Crippen LogP contribution is 2.20. The van der Waals surface area contributed by atoms with Crippen LogP contribution in [0.3, 0.4) is 0 Å². The number of anilines is 1. The molecule has 2 amide bonds. The molecule has 2 aliphatic heterocycles. The molecule has 138 valence electrons. The normalized spacial score (nSPS) is 25.1. The Kier molecular flexibility index (Phi) is 5.28. The van der Waals surface area contributed by atoms with Crippen LogP contribution in [0, 0.1) is 0 Å². The fraction of sp³-hybridized carbons (Fsp3) is 0.562. The summed E-state index contributed by atoms with van der Waals surface area (Å²) in [6.45, 7) is 3.52. The summed E-state index contributed by atoms with van der Waals surface area (Å²) in [4.78, 5) is 16.3. The summed E-state index contributed by atoms with van der Waals surface area (Å²) in [5, 5.41) is 13.0. The molecule has 1 aromatic rings. The highest BCUT2D eigenvalue weighted by atomic mass is 32.2. The first-order chi connectivity index (χ1) is 11.8. The van der Waals surface area contributed by atoms with E-state index in [2.05, 4.69) is 10.2 Å². The van der Waals surface area contributed by atoms with Crippen molar-refractivity contribution >= 4 is 21.6 Å². The molecule has 3 rings (SSSR count). The van der Waals surface area contributed by atoms with Gasteiger partial charge in [0.2, 0.25) is 0 Å². The number of urea groups is 1. The first-order valence-electron chi connectivity index (χ1n) is 8.20. The molecule has 2 heterocycles. The van der Waals surface area contributed by atoms with Crippen LogP contribution in [0.15, 0.2) is 29.2 Å². The Morgan fingerprint density at radius 3 is 2.44 bits per heavy atom. The lowest BCUT2D eigenvalue weighted by atomic mass is 10.2. The second kappa shape index (κ2) is 7.28. The van der Waals surface area contributed by atoms with Crippen LogP contribution in [0.1, 0.15) is 0 Å². The third kappa shape index (κ3) is 4.30. The summed E-state index contributed by atoms with van der Waals surface area (Å²) in [5.41, 5.74) is 0.515. The molecule has 0 unspecified atom stereocenters. The van der Waals surface area contributed by atoms with Gasteiger partial charge in [0, 0.05) is 31.6 Å². The van der Waals surface area contributed by atoms with Crippen LogP contribution in [-0.4, -0.2) is 87.1 Å². The van der Waals surface area contributed by atoms with Crippen molar-refractivity contribution in [2.45, 2.75) is 17.0 Å². The minimum atomic E-state index is -3.26. The lowest BCUT2D eigenvalue weighted by Gasteiger charge is -2.33. The van der Waals surface area contributed by atoms with E-state index in [-0.39, 0.29) is 23.5 Å². The Morgan fingerprint density at radius 1 is 1.20 bits per heavy atom. The van der Waals surface area contributed by atoms with E-state index in [0.29, 0.717) is 25.4 Å². The molecule has 8 nitrogen and oxygen atoms in total. The topological polar surface area (TPSA) is 99.2 Å². The molecular formula is C16H23N3O5S. The Morgan fingerprint density at radius 2 is 1.84 bits per heavy atom. The number of likely N-dealkylation sites (tertiary alicyclic amines) is 1. The van der Waals surface area contributed by atoms with Gasteiger partial charge in [0.05, 0.1) is 36.8 Å². The summed E-state index contributed by atoms with van der Waals surface area (Å²) in [5.74, 6) is 0. The van der Waals surface area contributed by atoms with Gasteiger partial charge in [0.25, 0.3) is 0 Å². The number of aliphatic hydroxyl groups excluding tert-OH is 1. The molecule has 0 bridgehead atoms. The number of nitrogens with zero attached hydrogens (tertiary/aromatic N) is 2. The highest BCUT2D eigenvalue weighted by Gasteiger charge is 2.38. The van der Waals surface area contributed by atoms with Crippen LogP contribution < -0.4 is 5.32 Å². The number of sulfone groups is 1. The van der Waals surface area contributed by atoms with Gasteiger partial charge < -0.3 is 20.1 Å². The molecule has 2 aliphatic rings. The van der Waals surface area contributed by atoms with E-state index in [1.54, 1.807) is 17.0 Å². The number of carbonyl (C=O) groups is 1. The number of ether oxygens (including phenoxy) is 1. The van der Waals surface area contributed by atoms with Crippen molar-refractivity contribution in [2.24, 2.45) is 0 Å². The van der Waals surface area contributed by atoms with Crippen molar-refractivity contribution in [1.29, 1.82) is 0 Å². The lowest BCUT2D eigenvalue weighted by Crippen LogP contribution is -2.49. The number of hydrogen-bond donors (Lipinski definition) is 2. The maximum atomic E-state index is 12.4. The van der Waals surface area contributed by atoms with E-state index in [4.69, 9.17) is 4.74 Å². The van der Waals surface area contributed by atoms with Crippen LogP contribution >= 0.6 is 0 Å². The summed E-state index contributed by atoms with van der Waals surface area (Å²) in [7, 11) is -3.26. The predicted molar refractivity (Wildman–Crippen MR) is 92.3 cm³/mol. The Bertz CT molecular complexity index is 716. The number of hydrogen-bond acceptors (Lipinski definition) is 6. The second-order valence-electron chi connectivity index (χ2n) is 6.41. The van der Waals surface area contributed by atoms with Gasteiger partial charge >= 0.3 is 6.03 Å². The van der Waals surface area contributed by atoms with E-state index < -0.39 is 15.9 Å². The van der Waals surface area contributed by atoms with Gasteiger partial charge in [-0.15, -0.1) is 0 Å². The monoisotopic (exact) mass is 369 g/mol. The molecule has 2 fully saturated rings. The Balaban J connectivity index is 1.60. The molecule has 1 aromatic carbocycles. The van der Waals surface area contributed by atoms with Crippen molar-refractivity contribution in [2.75, 3.05) is 51.0 Å².